The topological polar surface area (TPSA) is 32.6 Å². The molecule has 15 heavy (non-hydrogen) atoms. The highest BCUT2D eigenvalue weighted by molar-refractivity contribution is 5.84. The average molecular weight is 205 g/mol. The summed E-state index contributed by atoms with van der Waals surface area (Å²) in [5.41, 5.74) is 1.71. The second kappa shape index (κ2) is 4.47. The number of hydrogen-bond acceptors (Lipinski definition) is 2. The first kappa shape index (κ1) is 11.8. The summed E-state index contributed by atoms with van der Waals surface area (Å²) in [5.74, 6) is 0.349. The minimum Gasteiger partial charge on any atom is -0.507 e. The summed E-state index contributed by atoms with van der Waals surface area (Å²) in [5, 5.41) is 10.1. The molecule has 0 amide bonds. The van der Waals surface area contributed by atoms with Crippen LogP contribution in [0.15, 0.2) is 23.2 Å². The summed E-state index contributed by atoms with van der Waals surface area (Å²) in [7, 11) is 0. The molecular formula is C13H19NO. The molecule has 0 spiro atoms. The number of nitrogens with zero attached hydrogens (tertiary/aromatic N) is 1. The molecule has 0 radical (unpaired) electrons. The third-order valence-electron chi connectivity index (χ3n) is 2.29. The van der Waals surface area contributed by atoms with E-state index in [1.54, 1.807) is 6.21 Å². The van der Waals surface area contributed by atoms with Crippen molar-refractivity contribution in [2.75, 3.05) is 6.54 Å². The molecule has 0 atom stereocenters. The summed E-state index contributed by atoms with van der Waals surface area (Å²) in [6.45, 7) is 8.97. The van der Waals surface area contributed by atoms with E-state index < -0.39 is 0 Å². The Hall–Kier alpha value is -1.31. The minimum atomic E-state index is -0.0415. The highest BCUT2D eigenvalue weighted by atomic mass is 16.3. The lowest BCUT2D eigenvalue weighted by atomic mass is 9.85. The predicted octanol–water partition coefficient (Wildman–Crippen LogP) is 3.13. The van der Waals surface area contributed by atoms with Crippen molar-refractivity contribution in [3.63, 3.8) is 0 Å². The van der Waals surface area contributed by atoms with Crippen molar-refractivity contribution >= 4 is 6.21 Å². The number of phenols is 1. The SMILES string of the molecule is CCN=Cc1cccc(C(C)(C)C)c1O. The van der Waals surface area contributed by atoms with Gasteiger partial charge in [-0.3, -0.25) is 4.99 Å². The number of phenolic OH excluding ortho intramolecular Hbond substituents is 1. The fourth-order valence-corrected chi connectivity index (χ4v) is 1.46. The average Bonchev–Trinajstić information content (AvgIpc) is 2.14. The largest absolute Gasteiger partial charge is 0.507 e. The van der Waals surface area contributed by atoms with Crippen LogP contribution in [-0.4, -0.2) is 17.9 Å². The zero-order valence-electron chi connectivity index (χ0n) is 9.91. The van der Waals surface area contributed by atoms with Gasteiger partial charge in [0.15, 0.2) is 0 Å². The van der Waals surface area contributed by atoms with Gasteiger partial charge in [0.05, 0.1) is 0 Å². The third-order valence-corrected chi connectivity index (χ3v) is 2.29. The van der Waals surface area contributed by atoms with Gasteiger partial charge < -0.3 is 5.11 Å². The van der Waals surface area contributed by atoms with Gasteiger partial charge in [0.1, 0.15) is 5.75 Å². The van der Waals surface area contributed by atoms with Crippen LogP contribution in [0.5, 0.6) is 5.75 Å². The van der Waals surface area contributed by atoms with Crippen molar-refractivity contribution in [1.29, 1.82) is 0 Å². The minimum absolute atomic E-state index is 0.0415. The second-order valence-electron chi connectivity index (χ2n) is 4.62. The number of para-hydroxylation sites is 1. The number of benzene rings is 1. The molecule has 0 unspecified atom stereocenters. The van der Waals surface area contributed by atoms with Gasteiger partial charge in [-0.2, -0.15) is 0 Å². The number of hydrogen-bond donors (Lipinski definition) is 1. The number of aromatic hydroxyl groups is 1. The summed E-state index contributed by atoms with van der Waals surface area (Å²) in [6, 6.07) is 5.79. The van der Waals surface area contributed by atoms with Gasteiger partial charge in [0.2, 0.25) is 0 Å². The Bertz CT molecular complexity index is 361. The maximum atomic E-state index is 10.1. The molecule has 0 saturated heterocycles. The van der Waals surface area contributed by atoms with Gasteiger partial charge in [0, 0.05) is 18.3 Å². The van der Waals surface area contributed by atoms with E-state index in [2.05, 4.69) is 25.8 Å². The molecule has 1 aromatic carbocycles. The molecule has 82 valence electrons. The molecule has 0 aliphatic heterocycles. The first-order valence-corrected chi connectivity index (χ1v) is 5.29. The normalized spacial score (nSPS) is 12.3. The number of aliphatic imine (C=N–C) groups is 1. The van der Waals surface area contributed by atoms with Crippen LogP contribution in [0.4, 0.5) is 0 Å². The Kier molecular flexibility index (Phi) is 3.51. The molecule has 0 aliphatic carbocycles. The molecule has 1 N–H and O–H groups in total. The first-order chi connectivity index (χ1) is 6.96. The van der Waals surface area contributed by atoms with Gasteiger partial charge in [-0.05, 0) is 24.0 Å². The lowest BCUT2D eigenvalue weighted by Gasteiger charge is -2.21. The van der Waals surface area contributed by atoms with E-state index >= 15 is 0 Å². The van der Waals surface area contributed by atoms with E-state index in [0.717, 1.165) is 17.7 Å². The van der Waals surface area contributed by atoms with Gasteiger partial charge in [-0.25, -0.2) is 0 Å². The van der Waals surface area contributed by atoms with Crippen LogP contribution in [0.2, 0.25) is 0 Å². The highest BCUT2D eigenvalue weighted by Gasteiger charge is 2.18. The summed E-state index contributed by atoms with van der Waals surface area (Å²) in [4.78, 5) is 4.14. The standard InChI is InChI=1S/C13H19NO/c1-5-14-9-10-7-6-8-11(12(10)15)13(2,3)4/h6-9,15H,5H2,1-4H3. The van der Waals surface area contributed by atoms with Crippen LogP contribution < -0.4 is 0 Å². The van der Waals surface area contributed by atoms with E-state index in [1.165, 1.54) is 0 Å². The zero-order valence-corrected chi connectivity index (χ0v) is 9.91. The Morgan fingerprint density at radius 2 is 2.00 bits per heavy atom. The van der Waals surface area contributed by atoms with Crippen molar-refractivity contribution in [3.05, 3.63) is 29.3 Å². The van der Waals surface area contributed by atoms with Crippen molar-refractivity contribution in [3.8, 4) is 5.75 Å². The van der Waals surface area contributed by atoms with Crippen molar-refractivity contribution in [1.82, 2.24) is 0 Å². The maximum Gasteiger partial charge on any atom is 0.128 e. The molecule has 0 aromatic heterocycles. The van der Waals surface area contributed by atoms with Crippen molar-refractivity contribution < 1.29 is 5.11 Å². The predicted molar refractivity (Wildman–Crippen MR) is 64.9 cm³/mol. The fourth-order valence-electron chi connectivity index (χ4n) is 1.46. The molecule has 1 aromatic rings. The van der Waals surface area contributed by atoms with Crippen LogP contribution in [0, 0.1) is 0 Å². The van der Waals surface area contributed by atoms with Crippen LogP contribution in [0.3, 0.4) is 0 Å². The Labute approximate surface area is 91.7 Å². The Morgan fingerprint density at radius 3 is 2.53 bits per heavy atom. The van der Waals surface area contributed by atoms with Gasteiger partial charge in [0.25, 0.3) is 0 Å². The quantitative estimate of drug-likeness (QED) is 0.739. The maximum absolute atomic E-state index is 10.1. The molecule has 0 aliphatic rings. The number of rotatable bonds is 2. The smallest absolute Gasteiger partial charge is 0.128 e. The molecule has 0 saturated carbocycles. The van der Waals surface area contributed by atoms with Crippen LogP contribution in [-0.2, 0) is 5.41 Å². The molecule has 2 heteroatoms. The van der Waals surface area contributed by atoms with E-state index in [9.17, 15) is 5.11 Å². The van der Waals surface area contributed by atoms with Crippen molar-refractivity contribution in [2.45, 2.75) is 33.1 Å². The monoisotopic (exact) mass is 205 g/mol. The lowest BCUT2D eigenvalue weighted by Crippen LogP contribution is -2.11. The van der Waals surface area contributed by atoms with E-state index in [4.69, 9.17) is 0 Å². The molecule has 1 rings (SSSR count). The third kappa shape index (κ3) is 2.82. The van der Waals surface area contributed by atoms with Crippen LogP contribution in [0.1, 0.15) is 38.8 Å². The summed E-state index contributed by atoms with van der Waals surface area (Å²) in [6.07, 6.45) is 1.73. The zero-order chi connectivity index (χ0) is 11.5. The van der Waals surface area contributed by atoms with Crippen LogP contribution in [0.25, 0.3) is 0 Å². The van der Waals surface area contributed by atoms with Gasteiger partial charge in [-0.15, -0.1) is 0 Å². The second-order valence-corrected chi connectivity index (χ2v) is 4.62. The van der Waals surface area contributed by atoms with Crippen LogP contribution >= 0.6 is 0 Å². The van der Waals surface area contributed by atoms with Crippen molar-refractivity contribution in [2.24, 2.45) is 4.99 Å². The highest BCUT2D eigenvalue weighted by Crippen LogP contribution is 2.32. The van der Waals surface area contributed by atoms with Gasteiger partial charge in [-0.1, -0.05) is 32.9 Å². The Balaban J connectivity index is 3.17. The first-order valence-electron chi connectivity index (χ1n) is 5.29. The van der Waals surface area contributed by atoms with Gasteiger partial charge >= 0.3 is 0 Å². The molecule has 0 bridgehead atoms. The Morgan fingerprint density at radius 1 is 1.33 bits per heavy atom. The molecular weight excluding hydrogens is 186 g/mol. The summed E-state index contributed by atoms with van der Waals surface area (Å²) >= 11 is 0. The van der Waals surface area contributed by atoms with E-state index in [1.807, 2.05) is 25.1 Å². The fraction of sp³-hybridized carbons (Fsp3) is 0.462. The molecule has 0 fully saturated rings. The van der Waals surface area contributed by atoms with E-state index in [-0.39, 0.29) is 5.41 Å². The summed E-state index contributed by atoms with van der Waals surface area (Å²) < 4.78 is 0. The molecule has 0 heterocycles. The molecule has 2 nitrogen and oxygen atoms in total. The van der Waals surface area contributed by atoms with E-state index in [0.29, 0.717) is 5.75 Å². The lowest BCUT2D eigenvalue weighted by molar-refractivity contribution is 0.446.